The largest absolute Gasteiger partial charge is 0.493 e. The Kier molecular flexibility index (Phi) is 5.75. The predicted octanol–water partition coefficient (Wildman–Crippen LogP) is 2.39. The second kappa shape index (κ2) is 8.21. The zero-order valence-corrected chi connectivity index (χ0v) is 15.6. The van der Waals surface area contributed by atoms with Crippen LogP contribution >= 0.6 is 0 Å². The maximum Gasteiger partial charge on any atom is 0.216 e. The van der Waals surface area contributed by atoms with Crippen molar-refractivity contribution >= 4 is 22.6 Å². The highest BCUT2D eigenvalue weighted by molar-refractivity contribution is 5.92. The van der Waals surface area contributed by atoms with E-state index in [0.29, 0.717) is 17.4 Å². The van der Waals surface area contributed by atoms with E-state index >= 15 is 0 Å². The Hall–Kier alpha value is -2.57. The molecule has 0 aliphatic carbocycles. The molecule has 0 bridgehead atoms. The van der Waals surface area contributed by atoms with Crippen LogP contribution in [-0.4, -0.2) is 49.7 Å². The van der Waals surface area contributed by atoms with Gasteiger partial charge in [-0.2, -0.15) is 0 Å². The SMILES string of the molecule is COc1cc2ncnc(N3CCC(CCNC(C)=O)CC3)c2cc1OC. The average Bonchev–Trinajstić information content (AvgIpc) is 2.66. The van der Waals surface area contributed by atoms with Gasteiger partial charge in [0.05, 0.1) is 19.7 Å². The third-order valence-electron chi connectivity index (χ3n) is 4.96. The number of benzene rings is 1. The molecule has 1 amide bonds. The summed E-state index contributed by atoms with van der Waals surface area (Å²) in [6.07, 6.45) is 4.83. The Balaban J connectivity index is 1.74. The molecule has 3 rings (SSSR count). The summed E-state index contributed by atoms with van der Waals surface area (Å²) in [6, 6.07) is 3.84. The molecule has 140 valence electrons. The van der Waals surface area contributed by atoms with E-state index < -0.39 is 0 Å². The number of anilines is 1. The molecule has 2 heterocycles. The molecule has 1 aromatic carbocycles. The summed E-state index contributed by atoms with van der Waals surface area (Å²) < 4.78 is 10.8. The van der Waals surface area contributed by atoms with Crippen molar-refractivity contribution in [1.82, 2.24) is 15.3 Å². The van der Waals surface area contributed by atoms with E-state index in [9.17, 15) is 4.79 Å². The van der Waals surface area contributed by atoms with Crippen molar-refractivity contribution < 1.29 is 14.3 Å². The van der Waals surface area contributed by atoms with Gasteiger partial charge in [0.1, 0.15) is 12.1 Å². The first-order valence-corrected chi connectivity index (χ1v) is 8.98. The molecular weight excluding hydrogens is 332 g/mol. The van der Waals surface area contributed by atoms with Crippen molar-refractivity contribution in [2.24, 2.45) is 5.92 Å². The van der Waals surface area contributed by atoms with Gasteiger partial charge in [0.25, 0.3) is 0 Å². The van der Waals surface area contributed by atoms with Crippen molar-refractivity contribution in [3.8, 4) is 11.5 Å². The highest BCUT2D eigenvalue weighted by Gasteiger charge is 2.22. The molecule has 1 saturated heterocycles. The molecule has 2 aromatic rings. The highest BCUT2D eigenvalue weighted by atomic mass is 16.5. The van der Waals surface area contributed by atoms with Gasteiger partial charge in [-0.1, -0.05) is 0 Å². The van der Waals surface area contributed by atoms with E-state index in [1.165, 1.54) is 0 Å². The number of aromatic nitrogens is 2. The van der Waals surface area contributed by atoms with Crippen LogP contribution in [0.1, 0.15) is 26.2 Å². The highest BCUT2D eigenvalue weighted by Crippen LogP contribution is 2.35. The molecule has 0 unspecified atom stereocenters. The number of nitrogens with one attached hydrogen (secondary N) is 1. The van der Waals surface area contributed by atoms with Crippen molar-refractivity contribution in [3.63, 3.8) is 0 Å². The van der Waals surface area contributed by atoms with E-state index in [4.69, 9.17) is 9.47 Å². The Morgan fingerprint density at radius 2 is 1.88 bits per heavy atom. The minimum atomic E-state index is 0.0410. The maximum atomic E-state index is 11.0. The molecular formula is C19H26N4O3. The normalized spacial score (nSPS) is 15.1. The number of carbonyl (C=O) groups excluding carboxylic acids is 1. The second-order valence-corrected chi connectivity index (χ2v) is 6.62. The molecule has 1 aromatic heterocycles. The summed E-state index contributed by atoms with van der Waals surface area (Å²) in [5, 5.41) is 3.86. The topological polar surface area (TPSA) is 76.6 Å². The smallest absolute Gasteiger partial charge is 0.216 e. The van der Waals surface area contributed by atoms with Crippen LogP contribution in [0.5, 0.6) is 11.5 Å². The van der Waals surface area contributed by atoms with Crippen LogP contribution in [-0.2, 0) is 4.79 Å². The fraction of sp³-hybridized carbons (Fsp3) is 0.526. The van der Waals surface area contributed by atoms with Gasteiger partial charge >= 0.3 is 0 Å². The number of hydrogen-bond donors (Lipinski definition) is 1. The lowest BCUT2D eigenvalue weighted by molar-refractivity contribution is -0.119. The Bertz CT molecular complexity index is 773. The molecule has 26 heavy (non-hydrogen) atoms. The van der Waals surface area contributed by atoms with E-state index in [1.54, 1.807) is 27.5 Å². The summed E-state index contributed by atoms with van der Waals surface area (Å²) in [4.78, 5) is 22.2. The van der Waals surface area contributed by atoms with E-state index in [0.717, 1.165) is 55.6 Å². The van der Waals surface area contributed by atoms with Crippen molar-refractivity contribution in [2.75, 3.05) is 38.8 Å². The molecule has 0 atom stereocenters. The van der Waals surface area contributed by atoms with Gasteiger partial charge in [-0.15, -0.1) is 0 Å². The van der Waals surface area contributed by atoms with Crippen molar-refractivity contribution in [3.05, 3.63) is 18.5 Å². The average molecular weight is 358 g/mol. The number of fused-ring (bicyclic) bond motifs is 1. The number of nitrogens with zero attached hydrogens (tertiary/aromatic N) is 3. The predicted molar refractivity (Wildman–Crippen MR) is 101 cm³/mol. The Labute approximate surface area is 153 Å². The summed E-state index contributed by atoms with van der Waals surface area (Å²) in [6.45, 7) is 4.22. The van der Waals surface area contributed by atoms with Crippen LogP contribution in [0.3, 0.4) is 0 Å². The Morgan fingerprint density at radius 1 is 1.19 bits per heavy atom. The van der Waals surface area contributed by atoms with Crippen LogP contribution in [0.4, 0.5) is 5.82 Å². The van der Waals surface area contributed by atoms with E-state index in [2.05, 4.69) is 20.2 Å². The fourth-order valence-corrected chi connectivity index (χ4v) is 3.51. The standard InChI is InChI=1S/C19H26N4O3/c1-13(24)20-7-4-14-5-8-23(9-6-14)19-15-10-17(25-2)18(26-3)11-16(15)21-12-22-19/h10-12,14H,4-9H2,1-3H3,(H,20,24). The van der Waals surface area contributed by atoms with Crippen LogP contribution in [0.2, 0.25) is 0 Å². The van der Waals surface area contributed by atoms with Gasteiger partial charge in [-0.3, -0.25) is 4.79 Å². The van der Waals surface area contributed by atoms with Gasteiger partial charge in [0.15, 0.2) is 11.5 Å². The van der Waals surface area contributed by atoms with Crippen LogP contribution in [0, 0.1) is 5.92 Å². The molecule has 7 nitrogen and oxygen atoms in total. The third-order valence-corrected chi connectivity index (χ3v) is 4.96. The van der Waals surface area contributed by atoms with Gasteiger partial charge in [-0.05, 0) is 31.2 Å². The second-order valence-electron chi connectivity index (χ2n) is 6.62. The van der Waals surface area contributed by atoms with Gasteiger partial charge in [0.2, 0.25) is 5.91 Å². The number of hydrogen-bond acceptors (Lipinski definition) is 6. The zero-order valence-electron chi connectivity index (χ0n) is 15.6. The first-order valence-electron chi connectivity index (χ1n) is 8.98. The summed E-state index contributed by atoms with van der Waals surface area (Å²) in [5.74, 6) is 2.97. The van der Waals surface area contributed by atoms with Crippen LogP contribution < -0.4 is 19.7 Å². The summed E-state index contributed by atoms with van der Waals surface area (Å²) in [7, 11) is 3.26. The number of ether oxygens (including phenoxy) is 2. The molecule has 0 saturated carbocycles. The summed E-state index contributed by atoms with van der Waals surface area (Å²) in [5.41, 5.74) is 0.848. The number of amides is 1. The first kappa shape index (κ1) is 18.2. The first-order chi connectivity index (χ1) is 12.6. The number of methoxy groups -OCH3 is 2. The van der Waals surface area contributed by atoms with Gasteiger partial charge in [-0.25, -0.2) is 9.97 Å². The number of rotatable bonds is 6. The molecule has 0 spiro atoms. The lowest BCUT2D eigenvalue weighted by atomic mass is 9.93. The van der Waals surface area contributed by atoms with Gasteiger partial charge in [0, 0.05) is 38.0 Å². The van der Waals surface area contributed by atoms with Crippen LogP contribution in [0.25, 0.3) is 10.9 Å². The number of piperidine rings is 1. The summed E-state index contributed by atoms with van der Waals surface area (Å²) >= 11 is 0. The maximum absolute atomic E-state index is 11.0. The third kappa shape index (κ3) is 3.98. The molecule has 7 heteroatoms. The lowest BCUT2D eigenvalue weighted by Crippen LogP contribution is -2.35. The minimum Gasteiger partial charge on any atom is -0.493 e. The molecule has 1 aliphatic rings. The molecule has 1 aliphatic heterocycles. The monoisotopic (exact) mass is 358 g/mol. The molecule has 1 N–H and O–H groups in total. The van der Waals surface area contributed by atoms with Crippen LogP contribution in [0.15, 0.2) is 18.5 Å². The molecule has 1 fully saturated rings. The number of carbonyl (C=O) groups is 1. The van der Waals surface area contributed by atoms with Crippen molar-refractivity contribution in [2.45, 2.75) is 26.2 Å². The van der Waals surface area contributed by atoms with E-state index in [1.807, 2.05) is 12.1 Å². The minimum absolute atomic E-state index is 0.0410. The molecule has 0 radical (unpaired) electrons. The zero-order chi connectivity index (χ0) is 18.5. The van der Waals surface area contributed by atoms with Gasteiger partial charge < -0.3 is 19.7 Å². The lowest BCUT2D eigenvalue weighted by Gasteiger charge is -2.33. The van der Waals surface area contributed by atoms with E-state index in [-0.39, 0.29) is 5.91 Å². The quantitative estimate of drug-likeness (QED) is 0.854. The Morgan fingerprint density at radius 3 is 2.54 bits per heavy atom. The van der Waals surface area contributed by atoms with Crippen molar-refractivity contribution in [1.29, 1.82) is 0 Å². The fourth-order valence-electron chi connectivity index (χ4n) is 3.51.